The normalized spacial score (nSPS) is 33.6. The number of carbonyl (C=O) groups is 4. The van der Waals surface area contributed by atoms with E-state index in [2.05, 4.69) is 0 Å². The summed E-state index contributed by atoms with van der Waals surface area (Å²) in [4.78, 5) is 50.2. The number of fused-ring (bicyclic) bond motifs is 2. The van der Waals surface area contributed by atoms with Gasteiger partial charge in [0.2, 0.25) is 0 Å². The maximum absolute atomic E-state index is 13.1. The molecule has 0 radical (unpaired) electrons. The molecule has 0 bridgehead atoms. The second-order valence-corrected chi connectivity index (χ2v) is 8.93. The SMILES string of the molecule is CC(=O)OCC1(C)C(=O)CCC2(C)C3=C(CCC12)C(=O)C(C(C)C)=CC3=O. The van der Waals surface area contributed by atoms with E-state index in [0.29, 0.717) is 42.4 Å². The van der Waals surface area contributed by atoms with Gasteiger partial charge in [-0.25, -0.2) is 0 Å². The quantitative estimate of drug-likeness (QED) is 0.561. The van der Waals surface area contributed by atoms with Crippen molar-refractivity contribution >= 4 is 23.3 Å². The highest BCUT2D eigenvalue weighted by Crippen LogP contribution is 2.59. The van der Waals surface area contributed by atoms with Crippen LogP contribution in [0.5, 0.6) is 0 Å². The summed E-state index contributed by atoms with van der Waals surface area (Å²) in [6.07, 6.45) is 3.51. The van der Waals surface area contributed by atoms with Crippen molar-refractivity contribution in [1.29, 1.82) is 0 Å². The van der Waals surface area contributed by atoms with Gasteiger partial charge in [-0.15, -0.1) is 0 Å². The first-order valence-electron chi connectivity index (χ1n) is 9.73. The van der Waals surface area contributed by atoms with E-state index in [1.807, 2.05) is 27.7 Å². The van der Waals surface area contributed by atoms with Gasteiger partial charge in [0.05, 0.1) is 5.41 Å². The lowest BCUT2D eigenvalue weighted by Crippen LogP contribution is -2.55. The summed E-state index contributed by atoms with van der Waals surface area (Å²) in [6, 6.07) is 0. The lowest BCUT2D eigenvalue weighted by molar-refractivity contribution is -0.157. The molecule has 0 aromatic carbocycles. The van der Waals surface area contributed by atoms with Crippen LogP contribution in [0.15, 0.2) is 22.8 Å². The van der Waals surface area contributed by atoms with Crippen molar-refractivity contribution in [2.75, 3.05) is 6.61 Å². The van der Waals surface area contributed by atoms with E-state index >= 15 is 0 Å². The molecule has 5 heteroatoms. The van der Waals surface area contributed by atoms with Gasteiger partial charge in [-0.3, -0.25) is 19.2 Å². The Kier molecular flexibility index (Phi) is 4.77. The van der Waals surface area contributed by atoms with Crippen LogP contribution >= 0.6 is 0 Å². The average Bonchev–Trinajstić information content (AvgIpc) is 2.59. The van der Waals surface area contributed by atoms with Gasteiger partial charge in [0.15, 0.2) is 11.6 Å². The molecule has 3 atom stereocenters. The molecule has 5 nitrogen and oxygen atoms in total. The highest BCUT2D eigenvalue weighted by Gasteiger charge is 2.59. The van der Waals surface area contributed by atoms with E-state index in [4.69, 9.17) is 4.74 Å². The minimum atomic E-state index is -0.831. The highest BCUT2D eigenvalue weighted by molar-refractivity contribution is 6.23. The standard InChI is InChI=1S/C22H28O5/c1-12(2)15-10-16(24)19-14(20(15)26)6-7-17-21(19,4)9-8-18(25)22(17,5)11-27-13(3)23/h10,12,17H,6-9,11H2,1-5H3. The Morgan fingerprint density at radius 2 is 1.89 bits per heavy atom. The number of allylic oxidation sites excluding steroid dienone is 4. The van der Waals surface area contributed by atoms with E-state index in [-0.39, 0.29) is 35.8 Å². The molecule has 0 amide bonds. The van der Waals surface area contributed by atoms with Gasteiger partial charge in [0.1, 0.15) is 12.4 Å². The molecular formula is C22H28O5. The van der Waals surface area contributed by atoms with Gasteiger partial charge in [-0.2, -0.15) is 0 Å². The molecule has 0 heterocycles. The molecule has 1 saturated carbocycles. The number of ether oxygens (including phenoxy) is 1. The Bertz CT molecular complexity index is 800. The summed E-state index contributed by atoms with van der Waals surface area (Å²) in [5.41, 5.74) is 0.421. The Hall–Kier alpha value is -2.04. The van der Waals surface area contributed by atoms with Crippen LogP contribution in [0.1, 0.15) is 60.3 Å². The van der Waals surface area contributed by atoms with Crippen molar-refractivity contribution < 1.29 is 23.9 Å². The fourth-order valence-corrected chi connectivity index (χ4v) is 5.40. The summed E-state index contributed by atoms with van der Waals surface area (Å²) in [7, 11) is 0. The van der Waals surface area contributed by atoms with Gasteiger partial charge < -0.3 is 4.74 Å². The third-order valence-corrected chi connectivity index (χ3v) is 6.87. The van der Waals surface area contributed by atoms with E-state index < -0.39 is 16.8 Å². The van der Waals surface area contributed by atoms with Crippen molar-refractivity contribution in [3.63, 3.8) is 0 Å². The summed E-state index contributed by atoms with van der Waals surface area (Å²) >= 11 is 0. The Labute approximate surface area is 160 Å². The van der Waals surface area contributed by atoms with Crippen molar-refractivity contribution in [3.05, 3.63) is 22.8 Å². The number of carbonyl (C=O) groups excluding carboxylic acids is 4. The van der Waals surface area contributed by atoms with E-state index in [1.54, 1.807) is 0 Å². The number of ketones is 3. The fraction of sp³-hybridized carbons (Fsp3) is 0.636. The van der Waals surface area contributed by atoms with Crippen LogP contribution in [0.25, 0.3) is 0 Å². The molecule has 27 heavy (non-hydrogen) atoms. The third kappa shape index (κ3) is 2.91. The first kappa shape index (κ1) is 19.7. The maximum atomic E-state index is 13.1. The molecule has 1 fully saturated rings. The molecule has 0 spiro atoms. The molecular weight excluding hydrogens is 344 g/mol. The number of hydrogen-bond donors (Lipinski definition) is 0. The molecule has 0 aromatic heterocycles. The van der Waals surface area contributed by atoms with Gasteiger partial charge in [0.25, 0.3) is 0 Å². The molecule has 146 valence electrons. The van der Waals surface area contributed by atoms with Crippen molar-refractivity contribution in [2.45, 2.75) is 60.3 Å². The monoisotopic (exact) mass is 372 g/mol. The summed E-state index contributed by atoms with van der Waals surface area (Å²) in [5, 5.41) is 0. The molecule has 0 aromatic rings. The van der Waals surface area contributed by atoms with Crippen LogP contribution in [0.4, 0.5) is 0 Å². The molecule has 0 N–H and O–H groups in total. The molecule has 0 saturated heterocycles. The van der Waals surface area contributed by atoms with Crippen LogP contribution in [0.2, 0.25) is 0 Å². The Balaban J connectivity index is 2.05. The lowest BCUT2D eigenvalue weighted by Gasteiger charge is -2.54. The maximum Gasteiger partial charge on any atom is 0.302 e. The molecule has 3 aliphatic rings. The van der Waals surface area contributed by atoms with Crippen molar-refractivity contribution in [3.8, 4) is 0 Å². The van der Waals surface area contributed by atoms with E-state index in [1.165, 1.54) is 13.0 Å². The van der Waals surface area contributed by atoms with Gasteiger partial charge >= 0.3 is 5.97 Å². The van der Waals surface area contributed by atoms with Crippen LogP contribution < -0.4 is 0 Å². The predicted molar refractivity (Wildman–Crippen MR) is 99.8 cm³/mol. The minimum absolute atomic E-state index is 0.00296. The number of Topliss-reactive ketones (excluding diaryl/α,β-unsaturated/α-hetero) is 2. The number of esters is 1. The largest absolute Gasteiger partial charge is 0.465 e. The van der Waals surface area contributed by atoms with Crippen LogP contribution in [-0.4, -0.2) is 29.9 Å². The lowest BCUT2D eigenvalue weighted by atomic mass is 9.48. The van der Waals surface area contributed by atoms with Crippen LogP contribution in [0, 0.1) is 22.7 Å². The number of rotatable bonds is 3. The topological polar surface area (TPSA) is 77.5 Å². The number of hydrogen-bond acceptors (Lipinski definition) is 5. The molecule has 3 rings (SSSR count). The first-order valence-corrected chi connectivity index (χ1v) is 9.73. The predicted octanol–water partition coefficient (Wildman–Crippen LogP) is 3.37. The third-order valence-electron chi connectivity index (χ3n) is 6.87. The Morgan fingerprint density at radius 1 is 1.22 bits per heavy atom. The molecule has 3 unspecified atom stereocenters. The zero-order valence-corrected chi connectivity index (χ0v) is 16.8. The summed E-state index contributed by atoms with van der Waals surface area (Å²) in [5.74, 6) is -0.579. The smallest absolute Gasteiger partial charge is 0.302 e. The van der Waals surface area contributed by atoms with Crippen LogP contribution in [-0.2, 0) is 23.9 Å². The minimum Gasteiger partial charge on any atom is -0.465 e. The average molecular weight is 372 g/mol. The molecule has 0 aliphatic heterocycles. The van der Waals surface area contributed by atoms with Gasteiger partial charge in [-0.1, -0.05) is 20.8 Å². The van der Waals surface area contributed by atoms with Gasteiger partial charge in [-0.05, 0) is 44.1 Å². The zero-order valence-electron chi connectivity index (χ0n) is 16.8. The second-order valence-electron chi connectivity index (χ2n) is 8.93. The van der Waals surface area contributed by atoms with Crippen LogP contribution in [0.3, 0.4) is 0 Å². The first-order chi connectivity index (χ1) is 12.5. The van der Waals surface area contributed by atoms with Gasteiger partial charge in [0, 0.05) is 35.5 Å². The van der Waals surface area contributed by atoms with Crippen molar-refractivity contribution in [1.82, 2.24) is 0 Å². The summed E-state index contributed by atoms with van der Waals surface area (Å²) < 4.78 is 5.24. The zero-order chi connectivity index (χ0) is 20.1. The Morgan fingerprint density at radius 3 is 2.48 bits per heavy atom. The van der Waals surface area contributed by atoms with Crippen molar-refractivity contribution in [2.24, 2.45) is 22.7 Å². The second kappa shape index (κ2) is 6.54. The fourth-order valence-electron chi connectivity index (χ4n) is 5.40. The summed E-state index contributed by atoms with van der Waals surface area (Å²) in [6.45, 7) is 9.05. The van der Waals surface area contributed by atoms with E-state index in [9.17, 15) is 19.2 Å². The van der Waals surface area contributed by atoms with E-state index in [0.717, 1.165) is 0 Å². The molecule has 3 aliphatic carbocycles. The highest BCUT2D eigenvalue weighted by atomic mass is 16.5.